The highest BCUT2D eigenvalue weighted by molar-refractivity contribution is 4.89. The number of nitrogens with one attached hydrogen (secondary N) is 1. The van der Waals surface area contributed by atoms with Crippen molar-refractivity contribution in [1.29, 1.82) is 0 Å². The summed E-state index contributed by atoms with van der Waals surface area (Å²) in [4.78, 5) is 2.76. The summed E-state index contributed by atoms with van der Waals surface area (Å²) in [7, 11) is 0. The second kappa shape index (κ2) is 6.79. The maximum atomic E-state index is 3.57. The molecule has 2 atom stereocenters. The van der Waals surface area contributed by atoms with E-state index in [1.807, 2.05) is 0 Å². The highest BCUT2D eigenvalue weighted by Gasteiger charge is 2.36. The molecule has 0 aromatic heterocycles. The average Bonchev–Trinajstić information content (AvgIpc) is 2.96. The Morgan fingerprint density at radius 2 is 1.85 bits per heavy atom. The second-order valence-corrected chi connectivity index (χ2v) is 7.92. The van der Waals surface area contributed by atoms with Gasteiger partial charge in [-0.3, -0.25) is 0 Å². The zero-order valence-electron chi connectivity index (χ0n) is 13.5. The Balaban J connectivity index is 1.36. The van der Waals surface area contributed by atoms with Crippen molar-refractivity contribution < 1.29 is 0 Å². The summed E-state index contributed by atoms with van der Waals surface area (Å²) in [5.41, 5.74) is 0.787. The zero-order valence-corrected chi connectivity index (χ0v) is 13.5. The summed E-state index contributed by atoms with van der Waals surface area (Å²) < 4.78 is 0. The highest BCUT2D eigenvalue weighted by atomic mass is 15.1. The normalized spacial score (nSPS) is 32.5. The number of hydrogen-bond acceptors (Lipinski definition) is 2. The quantitative estimate of drug-likeness (QED) is 0.844. The zero-order chi connectivity index (χ0) is 13.8. The average molecular weight is 278 g/mol. The third-order valence-corrected chi connectivity index (χ3v) is 6.62. The van der Waals surface area contributed by atoms with E-state index in [0.717, 1.165) is 17.3 Å². The van der Waals surface area contributed by atoms with E-state index in [0.29, 0.717) is 0 Å². The minimum Gasteiger partial charge on any atom is -0.316 e. The highest BCUT2D eigenvalue weighted by Crippen LogP contribution is 2.46. The predicted octanol–water partition coefficient (Wildman–Crippen LogP) is 3.67. The lowest BCUT2D eigenvalue weighted by Gasteiger charge is -2.40. The van der Waals surface area contributed by atoms with Crippen molar-refractivity contribution in [1.82, 2.24) is 10.2 Å². The smallest absolute Gasteiger partial charge is 0.00134 e. The minimum atomic E-state index is 0.787. The van der Waals surface area contributed by atoms with Crippen LogP contribution in [0.15, 0.2) is 0 Å². The van der Waals surface area contributed by atoms with Crippen LogP contribution in [0, 0.1) is 17.3 Å². The molecule has 3 rings (SSSR count). The van der Waals surface area contributed by atoms with E-state index in [1.165, 1.54) is 90.5 Å². The van der Waals surface area contributed by atoms with E-state index in [1.54, 1.807) is 0 Å². The van der Waals surface area contributed by atoms with Crippen LogP contribution in [0.5, 0.6) is 0 Å². The number of nitrogens with zero attached hydrogens (tertiary/aromatic N) is 1. The van der Waals surface area contributed by atoms with Gasteiger partial charge in [-0.2, -0.15) is 0 Å². The topological polar surface area (TPSA) is 15.3 Å². The van der Waals surface area contributed by atoms with E-state index < -0.39 is 0 Å². The first-order valence-electron chi connectivity index (χ1n) is 9.21. The summed E-state index contributed by atoms with van der Waals surface area (Å²) in [5, 5.41) is 3.57. The lowest BCUT2D eigenvalue weighted by molar-refractivity contribution is 0.100. The Morgan fingerprint density at radius 1 is 1.10 bits per heavy atom. The number of hydrogen-bond donors (Lipinski definition) is 1. The Hall–Kier alpha value is -0.0800. The van der Waals surface area contributed by atoms with Crippen LogP contribution in [0.2, 0.25) is 0 Å². The van der Waals surface area contributed by atoms with Crippen LogP contribution in [0.3, 0.4) is 0 Å². The van der Waals surface area contributed by atoms with Crippen molar-refractivity contribution in [2.24, 2.45) is 17.3 Å². The summed E-state index contributed by atoms with van der Waals surface area (Å²) in [6.45, 7) is 9.13. The van der Waals surface area contributed by atoms with E-state index in [9.17, 15) is 0 Å². The van der Waals surface area contributed by atoms with Crippen LogP contribution in [-0.4, -0.2) is 37.6 Å². The molecule has 2 unspecified atom stereocenters. The predicted molar refractivity (Wildman–Crippen MR) is 85.9 cm³/mol. The molecule has 0 aromatic carbocycles. The van der Waals surface area contributed by atoms with Crippen LogP contribution in [0.1, 0.15) is 64.7 Å². The fourth-order valence-electron chi connectivity index (χ4n) is 4.86. The van der Waals surface area contributed by atoms with Gasteiger partial charge in [0.05, 0.1) is 0 Å². The van der Waals surface area contributed by atoms with Crippen LogP contribution in [0.25, 0.3) is 0 Å². The van der Waals surface area contributed by atoms with Gasteiger partial charge in [-0.25, -0.2) is 0 Å². The van der Waals surface area contributed by atoms with Gasteiger partial charge >= 0.3 is 0 Å². The molecule has 2 heteroatoms. The maximum Gasteiger partial charge on any atom is -0.00134 e. The molecule has 1 aliphatic carbocycles. The summed E-state index contributed by atoms with van der Waals surface area (Å²) in [5.74, 6) is 1.85. The third-order valence-electron chi connectivity index (χ3n) is 6.62. The van der Waals surface area contributed by atoms with Gasteiger partial charge in [-0.15, -0.1) is 0 Å². The Labute approximate surface area is 125 Å². The van der Waals surface area contributed by atoms with Crippen LogP contribution in [0.4, 0.5) is 0 Å². The SMILES string of the molecule is CC(CCN1CCC2(CCCC2)CC1)C1CCCNC1. The Bertz CT molecular complexity index is 280. The van der Waals surface area contributed by atoms with Crippen molar-refractivity contribution >= 4 is 0 Å². The molecule has 116 valence electrons. The van der Waals surface area contributed by atoms with Gasteiger partial charge in [-0.1, -0.05) is 19.8 Å². The molecular formula is C18H34N2. The molecule has 3 fully saturated rings. The molecule has 0 amide bonds. The molecule has 0 bridgehead atoms. The molecule has 1 N–H and O–H groups in total. The van der Waals surface area contributed by atoms with Crippen molar-refractivity contribution in [3.63, 3.8) is 0 Å². The largest absolute Gasteiger partial charge is 0.316 e. The molecule has 1 spiro atoms. The lowest BCUT2D eigenvalue weighted by Crippen LogP contribution is -2.40. The van der Waals surface area contributed by atoms with Crippen LogP contribution < -0.4 is 5.32 Å². The molecule has 20 heavy (non-hydrogen) atoms. The summed E-state index contributed by atoms with van der Waals surface area (Å²) in [6.07, 6.45) is 13.3. The van der Waals surface area contributed by atoms with Gasteiger partial charge in [0.15, 0.2) is 0 Å². The van der Waals surface area contributed by atoms with E-state index in [2.05, 4.69) is 17.1 Å². The van der Waals surface area contributed by atoms with Gasteiger partial charge < -0.3 is 10.2 Å². The van der Waals surface area contributed by atoms with E-state index >= 15 is 0 Å². The van der Waals surface area contributed by atoms with Crippen molar-refractivity contribution in [2.45, 2.75) is 64.7 Å². The van der Waals surface area contributed by atoms with Crippen LogP contribution in [-0.2, 0) is 0 Å². The third kappa shape index (κ3) is 3.57. The van der Waals surface area contributed by atoms with Gasteiger partial charge in [0, 0.05) is 0 Å². The van der Waals surface area contributed by atoms with Crippen molar-refractivity contribution in [2.75, 3.05) is 32.7 Å². The molecular weight excluding hydrogens is 244 g/mol. The molecule has 2 saturated heterocycles. The molecule has 3 aliphatic rings. The molecule has 1 saturated carbocycles. The Kier molecular flexibility index (Phi) is 5.04. The van der Waals surface area contributed by atoms with Gasteiger partial charge in [0.25, 0.3) is 0 Å². The first-order valence-corrected chi connectivity index (χ1v) is 9.21. The van der Waals surface area contributed by atoms with Crippen LogP contribution >= 0.6 is 0 Å². The van der Waals surface area contributed by atoms with Crippen molar-refractivity contribution in [3.8, 4) is 0 Å². The summed E-state index contributed by atoms with van der Waals surface area (Å²) in [6, 6.07) is 0. The standard InChI is InChI=1S/C18H34N2/c1-16(17-5-4-11-19-15-17)6-12-20-13-9-18(10-14-20)7-2-3-8-18/h16-17,19H,2-15H2,1H3. The van der Waals surface area contributed by atoms with Gasteiger partial charge in [-0.05, 0) is 94.9 Å². The number of rotatable bonds is 4. The number of likely N-dealkylation sites (tertiary alicyclic amines) is 1. The first kappa shape index (κ1) is 14.8. The van der Waals surface area contributed by atoms with Gasteiger partial charge in [0.2, 0.25) is 0 Å². The monoisotopic (exact) mass is 278 g/mol. The first-order chi connectivity index (χ1) is 9.77. The molecule has 2 aliphatic heterocycles. The second-order valence-electron chi connectivity index (χ2n) is 7.92. The van der Waals surface area contributed by atoms with Crippen molar-refractivity contribution in [3.05, 3.63) is 0 Å². The van der Waals surface area contributed by atoms with E-state index in [4.69, 9.17) is 0 Å². The minimum absolute atomic E-state index is 0.787. The lowest BCUT2D eigenvalue weighted by atomic mass is 9.77. The number of piperidine rings is 2. The molecule has 0 aromatic rings. The van der Waals surface area contributed by atoms with E-state index in [-0.39, 0.29) is 0 Å². The maximum absolute atomic E-state index is 3.57. The molecule has 2 nitrogen and oxygen atoms in total. The molecule has 0 radical (unpaired) electrons. The molecule has 2 heterocycles. The fourth-order valence-corrected chi connectivity index (χ4v) is 4.86. The Morgan fingerprint density at radius 3 is 2.50 bits per heavy atom. The summed E-state index contributed by atoms with van der Waals surface area (Å²) >= 11 is 0. The van der Waals surface area contributed by atoms with Gasteiger partial charge in [0.1, 0.15) is 0 Å². The fraction of sp³-hybridized carbons (Fsp3) is 1.00.